The van der Waals surface area contributed by atoms with E-state index in [-0.39, 0.29) is 5.69 Å². The number of nitrogens with zero attached hydrogens (tertiary/aromatic N) is 2. The highest BCUT2D eigenvalue weighted by atomic mass is 32.1. The van der Waals surface area contributed by atoms with E-state index in [1.54, 1.807) is 18.2 Å². The van der Waals surface area contributed by atoms with Gasteiger partial charge in [-0.2, -0.15) is 12.6 Å². The Morgan fingerprint density at radius 1 is 1.44 bits per heavy atom. The first-order chi connectivity index (χ1) is 7.70. The fraction of sp³-hybridized carbons (Fsp3) is 0.100. The molecular formula is C10H8N2O3S. The van der Waals surface area contributed by atoms with Crippen molar-refractivity contribution in [1.29, 1.82) is 0 Å². The molecule has 1 aromatic carbocycles. The van der Waals surface area contributed by atoms with E-state index in [1.165, 1.54) is 12.1 Å². The molecule has 0 bridgehead atoms. The van der Waals surface area contributed by atoms with Crippen molar-refractivity contribution in [3.8, 4) is 11.3 Å². The molecule has 0 atom stereocenters. The molecule has 5 nitrogen and oxygen atoms in total. The Morgan fingerprint density at radius 3 is 2.88 bits per heavy atom. The highest BCUT2D eigenvalue weighted by molar-refractivity contribution is 7.79. The monoisotopic (exact) mass is 236 g/mol. The van der Waals surface area contributed by atoms with Crippen LogP contribution < -0.4 is 0 Å². The van der Waals surface area contributed by atoms with Crippen molar-refractivity contribution in [2.45, 2.75) is 5.75 Å². The van der Waals surface area contributed by atoms with Crippen molar-refractivity contribution in [3.63, 3.8) is 0 Å². The number of non-ortho nitro benzene ring substituents is 1. The summed E-state index contributed by atoms with van der Waals surface area (Å²) >= 11 is 4.06. The van der Waals surface area contributed by atoms with E-state index in [2.05, 4.69) is 17.8 Å². The first-order valence-corrected chi connectivity index (χ1v) is 5.15. The maximum atomic E-state index is 10.6. The van der Waals surface area contributed by atoms with Crippen LogP contribution in [0.5, 0.6) is 0 Å². The van der Waals surface area contributed by atoms with Gasteiger partial charge in [-0.15, -0.1) is 0 Å². The predicted molar refractivity (Wildman–Crippen MR) is 61.3 cm³/mol. The largest absolute Gasteiger partial charge is 0.356 e. The SMILES string of the molecule is O=[N+]([O-])c1cccc(-c2cc(CS)no2)c1. The molecule has 0 fully saturated rings. The number of hydrogen-bond acceptors (Lipinski definition) is 5. The molecule has 0 aliphatic rings. The second-order valence-electron chi connectivity index (χ2n) is 3.15. The van der Waals surface area contributed by atoms with Crippen LogP contribution in [0.2, 0.25) is 0 Å². The van der Waals surface area contributed by atoms with E-state index in [0.29, 0.717) is 22.8 Å². The third-order valence-corrected chi connectivity index (χ3v) is 2.39. The molecule has 0 saturated heterocycles. The van der Waals surface area contributed by atoms with Gasteiger partial charge in [0.1, 0.15) is 0 Å². The summed E-state index contributed by atoms with van der Waals surface area (Å²) < 4.78 is 5.05. The highest BCUT2D eigenvalue weighted by Gasteiger charge is 2.10. The average Bonchev–Trinajstić information content (AvgIpc) is 2.77. The van der Waals surface area contributed by atoms with E-state index in [9.17, 15) is 10.1 Å². The summed E-state index contributed by atoms with van der Waals surface area (Å²) in [5.41, 5.74) is 1.36. The topological polar surface area (TPSA) is 69.2 Å². The van der Waals surface area contributed by atoms with Gasteiger partial charge in [0.25, 0.3) is 5.69 Å². The summed E-state index contributed by atoms with van der Waals surface area (Å²) in [4.78, 5) is 10.1. The second kappa shape index (κ2) is 4.36. The van der Waals surface area contributed by atoms with Crippen LogP contribution in [0.1, 0.15) is 5.69 Å². The first kappa shape index (κ1) is 10.7. The lowest BCUT2D eigenvalue weighted by Gasteiger charge is -1.94. The van der Waals surface area contributed by atoms with Gasteiger partial charge in [0.2, 0.25) is 0 Å². The molecule has 0 spiro atoms. The normalized spacial score (nSPS) is 10.3. The molecule has 2 rings (SSSR count). The van der Waals surface area contributed by atoms with Gasteiger partial charge in [0, 0.05) is 29.5 Å². The van der Waals surface area contributed by atoms with Gasteiger partial charge >= 0.3 is 0 Å². The minimum atomic E-state index is -0.445. The van der Waals surface area contributed by atoms with Crippen molar-refractivity contribution in [2.75, 3.05) is 0 Å². The molecule has 1 heterocycles. The van der Waals surface area contributed by atoms with Gasteiger partial charge in [-0.3, -0.25) is 10.1 Å². The maximum Gasteiger partial charge on any atom is 0.270 e. The lowest BCUT2D eigenvalue weighted by atomic mass is 10.1. The quantitative estimate of drug-likeness (QED) is 0.505. The van der Waals surface area contributed by atoms with Crippen molar-refractivity contribution in [2.24, 2.45) is 0 Å². The average molecular weight is 236 g/mol. The number of nitro benzene ring substituents is 1. The molecule has 0 N–H and O–H groups in total. The number of hydrogen-bond donors (Lipinski definition) is 1. The van der Waals surface area contributed by atoms with Crippen LogP contribution in [0.25, 0.3) is 11.3 Å². The molecule has 0 amide bonds. The summed E-state index contributed by atoms with van der Waals surface area (Å²) in [6.45, 7) is 0. The molecule has 82 valence electrons. The van der Waals surface area contributed by atoms with Crippen molar-refractivity contribution >= 4 is 18.3 Å². The Hall–Kier alpha value is -1.82. The van der Waals surface area contributed by atoms with Gasteiger partial charge in [-0.25, -0.2) is 0 Å². The number of aromatic nitrogens is 1. The van der Waals surface area contributed by atoms with Crippen LogP contribution in [0, 0.1) is 10.1 Å². The molecule has 0 radical (unpaired) electrons. The first-order valence-electron chi connectivity index (χ1n) is 4.52. The van der Waals surface area contributed by atoms with E-state index in [1.807, 2.05) is 0 Å². The van der Waals surface area contributed by atoms with E-state index in [4.69, 9.17) is 4.52 Å². The van der Waals surface area contributed by atoms with Crippen molar-refractivity contribution in [1.82, 2.24) is 5.16 Å². The Balaban J connectivity index is 2.40. The summed E-state index contributed by atoms with van der Waals surface area (Å²) in [6.07, 6.45) is 0. The molecule has 0 saturated carbocycles. The van der Waals surface area contributed by atoms with Crippen LogP contribution in [0.4, 0.5) is 5.69 Å². The predicted octanol–water partition coefficient (Wildman–Crippen LogP) is 2.68. The Kier molecular flexibility index (Phi) is 2.91. The lowest BCUT2D eigenvalue weighted by molar-refractivity contribution is -0.384. The molecule has 0 aliphatic heterocycles. The molecular weight excluding hydrogens is 228 g/mol. The minimum absolute atomic E-state index is 0.0290. The van der Waals surface area contributed by atoms with Crippen molar-refractivity contribution in [3.05, 3.63) is 46.1 Å². The van der Waals surface area contributed by atoms with Crippen LogP contribution in [0.15, 0.2) is 34.9 Å². The summed E-state index contributed by atoms with van der Waals surface area (Å²) in [7, 11) is 0. The van der Waals surface area contributed by atoms with Gasteiger partial charge in [0.05, 0.1) is 10.6 Å². The van der Waals surface area contributed by atoms with E-state index < -0.39 is 4.92 Å². The number of nitro groups is 1. The fourth-order valence-electron chi connectivity index (χ4n) is 1.30. The maximum absolute atomic E-state index is 10.6. The molecule has 0 unspecified atom stereocenters. The summed E-state index contributed by atoms with van der Waals surface area (Å²) in [5, 5.41) is 14.4. The zero-order valence-electron chi connectivity index (χ0n) is 8.16. The van der Waals surface area contributed by atoms with Crippen LogP contribution in [-0.2, 0) is 5.75 Å². The van der Waals surface area contributed by atoms with Gasteiger partial charge in [-0.05, 0) is 0 Å². The van der Waals surface area contributed by atoms with Crippen LogP contribution in [-0.4, -0.2) is 10.1 Å². The summed E-state index contributed by atoms with van der Waals surface area (Å²) in [5.74, 6) is 0.978. The van der Waals surface area contributed by atoms with Gasteiger partial charge in [-0.1, -0.05) is 17.3 Å². The summed E-state index contributed by atoms with van der Waals surface area (Å²) in [6, 6.07) is 7.93. The molecule has 0 aliphatic carbocycles. The Morgan fingerprint density at radius 2 is 2.25 bits per heavy atom. The third kappa shape index (κ3) is 2.06. The molecule has 6 heteroatoms. The number of rotatable bonds is 3. The van der Waals surface area contributed by atoms with Crippen LogP contribution >= 0.6 is 12.6 Å². The van der Waals surface area contributed by atoms with E-state index in [0.717, 1.165) is 0 Å². The van der Waals surface area contributed by atoms with E-state index >= 15 is 0 Å². The fourth-order valence-corrected chi connectivity index (χ4v) is 1.44. The highest BCUT2D eigenvalue weighted by Crippen LogP contribution is 2.24. The molecule has 1 aromatic heterocycles. The Bertz CT molecular complexity index is 524. The molecule has 2 aromatic rings. The zero-order chi connectivity index (χ0) is 11.5. The number of thiol groups is 1. The number of benzene rings is 1. The Labute approximate surface area is 96.6 Å². The standard InChI is InChI=1S/C10H8N2O3S/c13-12(14)9-3-1-2-7(4-9)10-5-8(6-16)11-15-10/h1-5,16H,6H2. The van der Waals surface area contributed by atoms with Gasteiger partial charge < -0.3 is 4.52 Å². The van der Waals surface area contributed by atoms with Crippen LogP contribution in [0.3, 0.4) is 0 Å². The zero-order valence-corrected chi connectivity index (χ0v) is 9.05. The molecule has 16 heavy (non-hydrogen) atoms. The lowest BCUT2D eigenvalue weighted by Crippen LogP contribution is -1.87. The van der Waals surface area contributed by atoms with Crippen molar-refractivity contribution < 1.29 is 9.45 Å². The minimum Gasteiger partial charge on any atom is -0.356 e. The second-order valence-corrected chi connectivity index (χ2v) is 3.46. The third-order valence-electron chi connectivity index (χ3n) is 2.06. The smallest absolute Gasteiger partial charge is 0.270 e. The van der Waals surface area contributed by atoms with Gasteiger partial charge in [0.15, 0.2) is 5.76 Å².